The Hall–Kier alpha value is -2.02. The molecule has 1 saturated heterocycles. The maximum absolute atomic E-state index is 12.0. The first-order valence-electron chi connectivity index (χ1n) is 7.02. The first-order valence-corrected chi connectivity index (χ1v) is 7.90. The first-order chi connectivity index (χ1) is 10.2. The molecule has 2 amide bonds. The van der Waals surface area contributed by atoms with Crippen molar-refractivity contribution in [3.05, 3.63) is 17.3 Å². The molecule has 1 N–H and O–H groups in total. The minimum Gasteiger partial charge on any atom is -0.370 e. The Morgan fingerprint density at radius 3 is 2.81 bits per heavy atom. The van der Waals surface area contributed by atoms with E-state index in [1.807, 2.05) is 18.4 Å². The van der Waals surface area contributed by atoms with Crippen molar-refractivity contribution in [1.82, 2.24) is 14.9 Å². The molecule has 1 aliphatic heterocycles. The number of nitrogens with one attached hydrogen (secondary N) is 1. The summed E-state index contributed by atoms with van der Waals surface area (Å²) in [5.41, 5.74) is 0. The molecule has 7 heteroatoms. The van der Waals surface area contributed by atoms with Gasteiger partial charge in [-0.25, -0.2) is 9.97 Å². The van der Waals surface area contributed by atoms with Gasteiger partial charge in [-0.05, 0) is 24.8 Å². The fraction of sp³-hybridized carbons (Fsp3) is 0.429. The molecule has 3 heterocycles. The Labute approximate surface area is 125 Å². The van der Waals surface area contributed by atoms with E-state index in [2.05, 4.69) is 15.3 Å². The molecule has 0 bridgehead atoms. The molecule has 2 unspecified atom stereocenters. The highest BCUT2D eigenvalue weighted by atomic mass is 32.1. The lowest BCUT2D eigenvalue weighted by Gasteiger charge is -2.16. The average Bonchev–Trinajstić information content (AvgIpc) is 3.07. The number of anilines is 1. The number of fused-ring (bicyclic) bond motifs is 2. The van der Waals surface area contributed by atoms with Gasteiger partial charge in [-0.3, -0.25) is 14.5 Å². The van der Waals surface area contributed by atoms with Crippen molar-refractivity contribution >= 4 is 39.2 Å². The third-order valence-corrected chi connectivity index (χ3v) is 4.78. The number of carbonyl (C=O) groups is 2. The number of amides is 2. The number of aromatic nitrogens is 2. The fourth-order valence-electron chi connectivity index (χ4n) is 2.82. The number of thiophene rings is 1. The van der Waals surface area contributed by atoms with Gasteiger partial charge in [-0.15, -0.1) is 11.3 Å². The predicted octanol–water partition coefficient (Wildman–Crippen LogP) is 1.63. The van der Waals surface area contributed by atoms with E-state index >= 15 is 0 Å². The zero-order valence-corrected chi connectivity index (χ0v) is 12.3. The third-order valence-electron chi connectivity index (χ3n) is 3.97. The second-order valence-electron chi connectivity index (χ2n) is 5.37. The van der Waals surface area contributed by atoms with Crippen molar-refractivity contribution in [3.8, 4) is 0 Å². The van der Waals surface area contributed by atoms with Crippen molar-refractivity contribution < 1.29 is 9.59 Å². The highest BCUT2D eigenvalue weighted by molar-refractivity contribution is 7.16. The SMILES string of the molecule is CCNc1nc(CN2C(=O)C3CC3C2=O)nc2sccc12. The van der Waals surface area contributed by atoms with Gasteiger partial charge in [0.1, 0.15) is 10.6 Å². The Morgan fingerprint density at radius 2 is 2.10 bits per heavy atom. The summed E-state index contributed by atoms with van der Waals surface area (Å²) >= 11 is 1.53. The van der Waals surface area contributed by atoms with Crippen LogP contribution >= 0.6 is 11.3 Å². The standard InChI is InChI=1S/C14H14N4O2S/c1-2-15-11-7-3-4-21-12(7)17-10(16-11)6-18-13(19)8-5-9(8)14(18)20/h3-4,8-9H,2,5-6H2,1H3,(H,15,16,17). The molecule has 0 spiro atoms. The van der Waals surface area contributed by atoms with Gasteiger partial charge in [0.2, 0.25) is 11.8 Å². The van der Waals surface area contributed by atoms with E-state index in [1.165, 1.54) is 16.2 Å². The largest absolute Gasteiger partial charge is 0.370 e. The number of rotatable bonds is 4. The van der Waals surface area contributed by atoms with Gasteiger partial charge in [-0.1, -0.05) is 0 Å². The van der Waals surface area contributed by atoms with E-state index in [9.17, 15) is 9.59 Å². The van der Waals surface area contributed by atoms with E-state index in [4.69, 9.17) is 0 Å². The Balaban J connectivity index is 1.67. The van der Waals surface area contributed by atoms with Crippen molar-refractivity contribution in [2.45, 2.75) is 19.9 Å². The van der Waals surface area contributed by atoms with Crippen molar-refractivity contribution in [3.63, 3.8) is 0 Å². The van der Waals surface area contributed by atoms with Crippen LogP contribution in [0.15, 0.2) is 11.4 Å². The van der Waals surface area contributed by atoms with Crippen LogP contribution < -0.4 is 5.32 Å². The highest BCUT2D eigenvalue weighted by Crippen LogP contribution is 2.47. The van der Waals surface area contributed by atoms with Crippen LogP contribution in [0.2, 0.25) is 0 Å². The molecule has 2 aliphatic rings. The van der Waals surface area contributed by atoms with Crippen molar-refractivity contribution in [2.24, 2.45) is 11.8 Å². The van der Waals surface area contributed by atoms with E-state index in [1.54, 1.807) is 0 Å². The molecule has 2 atom stereocenters. The normalized spacial score (nSPS) is 23.8. The molecule has 0 aromatic carbocycles. The van der Waals surface area contributed by atoms with E-state index in [0.29, 0.717) is 5.82 Å². The molecule has 2 aromatic rings. The molecule has 1 aliphatic carbocycles. The number of imide groups is 1. The van der Waals surface area contributed by atoms with Crippen LogP contribution in [0.25, 0.3) is 10.2 Å². The van der Waals surface area contributed by atoms with Gasteiger partial charge in [0, 0.05) is 6.54 Å². The summed E-state index contributed by atoms with van der Waals surface area (Å²) in [5.74, 6) is 1.01. The minimum absolute atomic E-state index is 0.0649. The molecule has 2 aromatic heterocycles. The Kier molecular flexibility index (Phi) is 2.72. The maximum atomic E-state index is 12.0. The quantitative estimate of drug-likeness (QED) is 0.869. The molecular weight excluding hydrogens is 288 g/mol. The van der Waals surface area contributed by atoms with Crippen LogP contribution in [0.4, 0.5) is 5.82 Å². The minimum atomic E-state index is -0.0730. The number of hydrogen-bond donors (Lipinski definition) is 1. The van der Waals surface area contributed by atoms with E-state index in [0.717, 1.165) is 29.0 Å². The second-order valence-corrected chi connectivity index (χ2v) is 6.26. The maximum Gasteiger partial charge on any atom is 0.233 e. The molecule has 6 nitrogen and oxygen atoms in total. The molecular formula is C14H14N4O2S. The van der Waals surface area contributed by atoms with Crippen molar-refractivity contribution in [2.75, 3.05) is 11.9 Å². The monoisotopic (exact) mass is 302 g/mol. The number of hydrogen-bond acceptors (Lipinski definition) is 6. The van der Waals surface area contributed by atoms with E-state index < -0.39 is 0 Å². The van der Waals surface area contributed by atoms with Crippen LogP contribution in [0.1, 0.15) is 19.2 Å². The molecule has 2 fully saturated rings. The zero-order valence-electron chi connectivity index (χ0n) is 11.5. The van der Waals surface area contributed by atoms with Gasteiger partial charge < -0.3 is 5.32 Å². The summed E-state index contributed by atoms with van der Waals surface area (Å²) in [5, 5.41) is 6.15. The third kappa shape index (κ3) is 1.91. The van der Waals surface area contributed by atoms with Crippen LogP contribution in [0.3, 0.4) is 0 Å². The van der Waals surface area contributed by atoms with E-state index in [-0.39, 0.29) is 30.2 Å². The fourth-order valence-corrected chi connectivity index (χ4v) is 3.60. The molecule has 1 saturated carbocycles. The van der Waals surface area contributed by atoms with Crippen molar-refractivity contribution in [1.29, 1.82) is 0 Å². The van der Waals surface area contributed by atoms with Crippen LogP contribution in [-0.4, -0.2) is 33.2 Å². The predicted molar refractivity (Wildman–Crippen MR) is 78.7 cm³/mol. The van der Waals surface area contributed by atoms with Gasteiger partial charge >= 0.3 is 0 Å². The molecule has 21 heavy (non-hydrogen) atoms. The summed E-state index contributed by atoms with van der Waals surface area (Å²) in [7, 11) is 0. The number of likely N-dealkylation sites (tertiary alicyclic amines) is 1. The Morgan fingerprint density at radius 1 is 1.33 bits per heavy atom. The highest BCUT2D eigenvalue weighted by Gasteiger charge is 2.58. The molecule has 108 valence electrons. The van der Waals surface area contributed by atoms with Crippen LogP contribution in [0.5, 0.6) is 0 Å². The summed E-state index contributed by atoms with van der Waals surface area (Å²) in [6, 6.07) is 1.98. The van der Waals surface area contributed by atoms with Gasteiger partial charge in [0.15, 0.2) is 5.82 Å². The Bertz CT molecular complexity index is 737. The topological polar surface area (TPSA) is 75.2 Å². The first kappa shape index (κ1) is 12.7. The number of piperidine rings is 1. The summed E-state index contributed by atoms with van der Waals surface area (Å²) in [6.45, 7) is 2.94. The molecule has 0 radical (unpaired) electrons. The molecule has 4 rings (SSSR count). The lowest BCUT2D eigenvalue weighted by molar-refractivity contribution is -0.142. The summed E-state index contributed by atoms with van der Waals surface area (Å²) in [6.07, 6.45) is 0.724. The summed E-state index contributed by atoms with van der Waals surface area (Å²) < 4.78 is 0. The average molecular weight is 302 g/mol. The second kappa shape index (κ2) is 4.49. The smallest absolute Gasteiger partial charge is 0.233 e. The lowest BCUT2D eigenvalue weighted by atomic mass is 10.3. The number of carbonyl (C=O) groups excluding carboxylic acids is 2. The van der Waals surface area contributed by atoms with Gasteiger partial charge in [-0.2, -0.15) is 0 Å². The zero-order chi connectivity index (χ0) is 14.6. The summed E-state index contributed by atoms with van der Waals surface area (Å²) in [4.78, 5) is 35.2. The van der Waals surface area contributed by atoms with Gasteiger partial charge in [0.05, 0.1) is 23.8 Å². The van der Waals surface area contributed by atoms with Crippen LogP contribution in [0, 0.1) is 11.8 Å². The van der Waals surface area contributed by atoms with Gasteiger partial charge in [0.25, 0.3) is 0 Å². The lowest BCUT2D eigenvalue weighted by Crippen LogP contribution is -2.33. The number of nitrogens with zero attached hydrogens (tertiary/aromatic N) is 3. The van der Waals surface area contributed by atoms with Crippen LogP contribution in [-0.2, 0) is 16.1 Å².